The van der Waals surface area contributed by atoms with Gasteiger partial charge >= 0.3 is 0 Å². The van der Waals surface area contributed by atoms with E-state index in [-0.39, 0.29) is 11.9 Å². The van der Waals surface area contributed by atoms with Gasteiger partial charge in [0.05, 0.1) is 0 Å². The summed E-state index contributed by atoms with van der Waals surface area (Å²) in [5, 5.41) is 3.17. The number of rotatable bonds is 4. The molecule has 0 aliphatic heterocycles. The number of nitrogens with two attached hydrogens (primary N) is 1. The van der Waals surface area contributed by atoms with Crippen molar-refractivity contribution >= 4 is 11.6 Å². The molecule has 3 heteroatoms. The first kappa shape index (κ1) is 9.58. The molecule has 1 aromatic carbocycles. The molecular weight excluding hydrogens is 164 g/mol. The summed E-state index contributed by atoms with van der Waals surface area (Å²) in [6.45, 7) is 1.93. The number of nitrogens with one attached hydrogen (secondary N) is 1. The summed E-state index contributed by atoms with van der Waals surface area (Å²) in [5.74, 6) is -0.282. The minimum absolute atomic E-state index is 0.0832. The highest BCUT2D eigenvalue weighted by atomic mass is 16.1. The largest absolute Gasteiger partial charge is 0.382 e. The number of hydrogen-bond acceptors (Lipinski definition) is 2. The lowest BCUT2D eigenvalue weighted by molar-refractivity contribution is -0.118. The van der Waals surface area contributed by atoms with Gasteiger partial charge in [-0.15, -0.1) is 0 Å². The second kappa shape index (κ2) is 4.50. The van der Waals surface area contributed by atoms with Crippen LogP contribution in [0.2, 0.25) is 0 Å². The molecule has 70 valence electrons. The van der Waals surface area contributed by atoms with Gasteiger partial charge in [-0.25, -0.2) is 0 Å². The minimum atomic E-state index is -0.282. The molecule has 1 aromatic rings. The van der Waals surface area contributed by atoms with Gasteiger partial charge in [-0.3, -0.25) is 4.79 Å². The number of hydrogen-bond donors (Lipinski definition) is 2. The fraction of sp³-hybridized carbons (Fsp3) is 0.300. The van der Waals surface area contributed by atoms with Crippen molar-refractivity contribution in [2.45, 2.75) is 19.4 Å². The number of anilines is 1. The van der Waals surface area contributed by atoms with Crippen LogP contribution in [0, 0.1) is 0 Å². The second-order valence-electron chi connectivity index (χ2n) is 3.08. The Morgan fingerprint density at radius 2 is 2.08 bits per heavy atom. The van der Waals surface area contributed by atoms with Crippen LogP contribution in [0.15, 0.2) is 30.3 Å². The van der Waals surface area contributed by atoms with Gasteiger partial charge in [-0.1, -0.05) is 18.2 Å². The Morgan fingerprint density at radius 3 is 2.62 bits per heavy atom. The SMILES string of the molecule is CC(CC(N)=O)Nc1ccccc1. The number of para-hydroxylation sites is 1. The Hall–Kier alpha value is -1.51. The fourth-order valence-corrected chi connectivity index (χ4v) is 1.17. The molecule has 0 aliphatic rings. The normalized spacial score (nSPS) is 12.1. The lowest BCUT2D eigenvalue weighted by atomic mass is 10.2. The molecule has 13 heavy (non-hydrogen) atoms. The summed E-state index contributed by atoms with van der Waals surface area (Å²) in [5.41, 5.74) is 6.08. The highest BCUT2D eigenvalue weighted by Crippen LogP contribution is 2.07. The van der Waals surface area contributed by atoms with Crippen LogP contribution < -0.4 is 11.1 Å². The third-order valence-corrected chi connectivity index (χ3v) is 1.69. The lowest BCUT2D eigenvalue weighted by Gasteiger charge is -2.12. The molecule has 3 N–H and O–H groups in total. The maximum absolute atomic E-state index is 10.6. The van der Waals surface area contributed by atoms with Gasteiger partial charge < -0.3 is 11.1 Å². The van der Waals surface area contributed by atoms with Crippen LogP contribution in [0.25, 0.3) is 0 Å². The van der Waals surface area contributed by atoms with Crippen molar-refractivity contribution in [1.82, 2.24) is 0 Å². The van der Waals surface area contributed by atoms with E-state index in [0.717, 1.165) is 5.69 Å². The molecule has 0 aromatic heterocycles. The first-order chi connectivity index (χ1) is 6.18. The van der Waals surface area contributed by atoms with E-state index in [1.807, 2.05) is 37.3 Å². The molecular formula is C10H14N2O. The van der Waals surface area contributed by atoms with Crippen molar-refractivity contribution in [2.24, 2.45) is 5.73 Å². The molecule has 0 saturated heterocycles. The highest BCUT2D eigenvalue weighted by Gasteiger charge is 2.04. The Morgan fingerprint density at radius 1 is 1.46 bits per heavy atom. The standard InChI is InChI=1S/C10H14N2O/c1-8(7-10(11)13)12-9-5-3-2-4-6-9/h2-6,8,12H,7H2,1H3,(H2,11,13). The third-order valence-electron chi connectivity index (χ3n) is 1.69. The van der Waals surface area contributed by atoms with E-state index < -0.39 is 0 Å². The van der Waals surface area contributed by atoms with Gasteiger partial charge in [0.1, 0.15) is 0 Å². The average molecular weight is 178 g/mol. The Balaban J connectivity index is 2.45. The van der Waals surface area contributed by atoms with Crippen LogP contribution >= 0.6 is 0 Å². The molecule has 0 spiro atoms. The Labute approximate surface area is 77.9 Å². The number of carbonyl (C=O) groups excluding carboxylic acids is 1. The molecule has 1 rings (SSSR count). The smallest absolute Gasteiger partial charge is 0.219 e. The van der Waals surface area contributed by atoms with E-state index in [9.17, 15) is 4.79 Å². The van der Waals surface area contributed by atoms with Gasteiger partial charge in [0.2, 0.25) is 5.91 Å². The van der Waals surface area contributed by atoms with Gasteiger partial charge in [0, 0.05) is 18.2 Å². The first-order valence-corrected chi connectivity index (χ1v) is 4.28. The summed E-state index contributed by atoms with van der Waals surface area (Å²) in [6.07, 6.45) is 0.356. The predicted octanol–water partition coefficient (Wildman–Crippen LogP) is 1.36. The molecule has 1 unspecified atom stereocenters. The van der Waals surface area contributed by atoms with Crippen LogP contribution in [0.1, 0.15) is 13.3 Å². The third kappa shape index (κ3) is 3.60. The molecule has 1 atom stereocenters. The quantitative estimate of drug-likeness (QED) is 0.731. The summed E-state index contributed by atoms with van der Waals surface area (Å²) in [7, 11) is 0. The van der Waals surface area contributed by atoms with E-state index >= 15 is 0 Å². The van der Waals surface area contributed by atoms with Crippen molar-refractivity contribution in [3.05, 3.63) is 30.3 Å². The zero-order valence-corrected chi connectivity index (χ0v) is 7.66. The summed E-state index contributed by atoms with van der Waals surface area (Å²) < 4.78 is 0. The molecule has 0 bridgehead atoms. The van der Waals surface area contributed by atoms with Crippen LogP contribution in [-0.4, -0.2) is 11.9 Å². The molecule has 0 aliphatic carbocycles. The second-order valence-corrected chi connectivity index (χ2v) is 3.08. The minimum Gasteiger partial charge on any atom is -0.382 e. The molecule has 0 radical (unpaired) electrons. The number of carbonyl (C=O) groups is 1. The fourth-order valence-electron chi connectivity index (χ4n) is 1.17. The zero-order chi connectivity index (χ0) is 9.68. The van der Waals surface area contributed by atoms with Gasteiger partial charge in [0.25, 0.3) is 0 Å². The van der Waals surface area contributed by atoms with Crippen LogP contribution in [-0.2, 0) is 4.79 Å². The van der Waals surface area contributed by atoms with E-state index in [1.165, 1.54) is 0 Å². The molecule has 1 amide bonds. The van der Waals surface area contributed by atoms with Gasteiger partial charge in [0.15, 0.2) is 0 Å². The number of benzene rings is 1. The molecule has 0 fully saturated rings. The predicted molar refractivity (Wildman–Crippen MR) is 53.3 cm³/mol. The van der Waals surface area contributed by atoms with Gasteiger partial charge in [-0.05, 0) is 19.1 Å². The van der Waals surface area contributed by atoms with Crippen molar-refractivity contribution in [1.29, 1.82) is 0 Å². The Bertz CT molecular complexity index is 272. The van der Waals surface area contributed by atoms with Crippen LogP contribution in [0.3, 0.4) is 0 Å². The van der Waals surface area contributed by atoms with E-state index in [0.29, 0.717) is 6.42 Å². The van der Waals surface area contributed by atoms with Crippen LogP contribution in [0.4, 0.5) is 5.69 Å². The summed E-state index contributed by atoms with van der Waals surface area (Å²) in [6, 6.07) is 9.83. The number of primary amides is 1. The van der Waals surface area contributed by atoms with E-state index in [2.05, 4.69) is 5.32 Å². The summed E-state index contributed by atoms with van der Waals surface area (Å²) >= 11 is 0. The maximum atomic E-state index is 10.6. The average Bonchev–Trinajstić information content (AvgIpc) is 2.04. The van der Waals surface area contributed by atoms with Crippen molar-refractivity contribution < 1.29 is 4.79 Å². The first-order valence-electron chi connectivity index (χ1n) is 4.28. The highest BCUT2D eigenvalue weighted by molar-refractivity contribution is 5.74. The van der Waals surface area contributed by atoms with Crippen LogP contribution in [0.5, 0.6) is 0 Å². The van der Waals surface area contributed by atoms with Gasteiger partial charge in [-0.2, -0.15) is 0 Å². The topological polar surface area (TPSA) is 55.1 Å². The number of amides is 1. The Kier molecular flexibility index (Phi) is 3.31. The van der Waals surface area contributed by atoms with Crippen molar-refractivity contribution in [3.63, 3.8) is 0 Å². The van der Waals surface area contributed by atoms with Crippen molar-refractivity contribution in [3.8, 4) is 0 Å². The van der Waals surface area contributed by atoms with E-state index in [4.69, 9.17) is 5.73 Å². The lowest BCUT2D eigenvalue weighted by Crippen LogP contribution is -2.23. The molecule has 0 saturated carbocycles. The molecule has 0 heterocycles. The maximum Gasteiger partial charge on any atom is 0.219 e. The van der Waals surface area contributed by atoms with E-state index in [1.54, 1.807) is 0 Å². The molecule has 3 nitrogen and oxygen atoms in total. The summed E-state index contributed by atoms with van der Waals surface area (Å²) in [4.78, 5) is 10.6. The monoisotopic (exact) mass is 178 g/mol. The van der Waals surface area contributed by atoms with Crippen molar-refractivity contribution in [2.75, 3.05) is 5.32 Å². The zero-order valence-electron chi connectivity index (χ0n) is 7.66.